The lowest BCUT2D eigenvalue weighted by Gasteiger charge is -2.15. The smallest absolute Gasteiger partial charge is 0.135 e. The van der Waals surface area contributed by atoms with E-state index in [1.54, 1.807) is 0 Å². The summed E-state index contributed by atoms with van der Waals surface area (Å²) in [5.74, 6) is 1.12. The topological polar surface area (TPSA) is 51.2 Å². The molecule has 1 unspecified atom stereocenters. The van der Waals surface area contributed by atoms with Gasteiger partial charge in [-0.25, -0.2) is 0 Å². The maximum atomic E-state index is 10.7. The number of epoxide rings is 1. The molecule has 1 N–H and O–H groups in total. The molecule has 0 amide bonds. The maximum Gasteiger partial charge on any atom is 0.135 e. The fraction of sp³-hybridized carbons (Fsp3) is 0.333. The number of rotatable bonds is 7. The van der Waals surface area contributed by atoms with Crippen LogP contribution in [0.5, 0.6) is 11.5 Å². The van der Waals surface area contributed by atoms with E-state index in [1.807, 2.05) is 36.4 Å². The van der Waals surface area contributed by atoms with Crippen molar-refractivity contribution in [2.75, 3.05) is 26.4 Å². The minimum atomic E-state index is 0.266. The Morgan fingerprint density at radius 3 is 2.56 bits per heavy atom. The van der Waals surface area contributed by atoms with Gasteiger partial charge in [-0.2, -0.15) is 0 Å². The molecular formula is C21H22O4. The summed E-state index contributed by atoms with van der Waals surface area (Å²) in [6.07, 6.45) is 1.19. The highest BCUT2D eigenvalue weighted by Crippen LogP contribution is 2.42. The highest BCUT2D eigenvalue weighted by Gasteiger charge is 2.22. The zero-order valence-corrected chi connectivity index (χ0v) is 14.3. The van der Waals surface area contributed by atoms with Crippen LogP contribution in [-0.2, 0) is 15.9 Å². The van der Waals surface area contributed by atoms with Crippen LogP contribution in [0.25, 0.3) is 21.5 Å². The van der Waals surface area contributed by atoms with Gasteiger partial charge in [0.1, 0.15) is 24.2 Å². The zero-order chi connectivity index (χ0) is 17.2. The van der Waals surface area contributed by atoms with Crippen LogP contribution in [0.15, 0.2) is 42.5 Å². The van der Waals surface area contributed by atoms with Crippen molar-refractivity contribution < 1.29 is 19.3 Å². The third-order valence-corrected chi connectivity index (χ3v) is 4.60. The first-order valence-electron chi connectivity index (χ1n) is 8.76. The molecule has 3 aromatic rings. The predicted octanol–water partition coefficient (Wildman–Crippen LogP) is 4.06. The number of aromatic hydroxyl groups is 1. The molecule has 0 aliphatic carbocycles. The molecule has 1 saturated heterocycles. The summed E-state index contributed by atoms with van der Waals surface area (Å²) < 4.78 is 16.8. The Morgan fingerprint density at radius 2 is 1.80 bits per heavy atom. The first kappa shape index (κ1) is 16.2. The van der Waals surface area contributed by atoms with Gasteiger partial charge in [0.15, 0.2) is 0 Å². The highest BCUT2D eigenvalue weighted by atomic mass is 16.6. The second-order valence-electron chi connectivity index (χ2n) is 6.34. The molecule has 0 bridgehead atoms. The molecule has 4 nitrogen and oxygen atoms in total. The molecule has 1 fully saturated rings. The number of phenolic OH excluding ortho intramolecular Hbond substituents is 1. The predicted molar refractivity (Wildman–Crippen MR) is 98.6 cm³/mol. The van der Waals surface area contributed by atoms with Crippen LogP contribution in [0.4, 0.5) is 0 Å². The molecular weight excluding hydrogens is 316 g/mol. The van der Waals surface area contributed by atoms with E-state index in [2.05, 4.69) is 13.0 Å². The number of ether oxygens (including phenoxy) is 3. The number of hydrogen-bond acceptors (Lipinski definition) is 4. The van der Waals surface area contributed by atoms with Gasteiger partial charge in [0, 0.05) is 21.5 Å². The molecule has 1 heterocycles. The van der Waals surface area contributed by atoms with Crippen molar-refractivity contribution in [2.45, 2.75) is 19.4 Å². The van der Waals surface area contributed by atoms with Crippen molar-refractivity contribution in [3.05, 3.63) is 48.0 Å². The minimum absolute atomic E-state index is 0.266. The molecule has 0 spiro atoms. The van der Waals surface area contributed by atoms with Crippen molar-refractivity contribution in [1.82, 2.24) is 0 Å². The number of phenols is 1. The van der Waals surface area contributed by atoms with Gasteiger partial charge in [-0.3, -0.25) is 0 Å². The van der Waals surface area contributed by atoms with Crippen LogP contribution in [0.2, 0.25) is 0 Å². The summed E-state index contributed by atoms with van der Waals surface area (Å²) >= 11 is 0. The second-order valence-corrected chi connectivity index (χ2v) is 6.34. The number of aryl methyl sites for hydroxylation is 1. The van der Waals surface area contributed by atoms with E-state index >= 15 is 0 Å². The molecule has 0 aromatic heterocycles. The lowest BCUT2D eigenvalue weighted by Crippen LogP contribution is -2.10. The van der Waals surface area contributed by atoms with E-state index in [-0.39, 0.29) is 6.10 Å². The van der Waals surface area contributed by atoms with Gasteiger partial charge in [0.25, 0.3) is 0 Å². The molecule has 4 rings (SSSR count). The Hall–Kier alpha value is -2.30. The quantitative estimate of drug-likeness (QED) is 0.401. The Morgan fingerprint density at radius 1 is 1.04 bits per heavy atom. The fourth-order valence-electron chi connectivity index (χ4n) is 3.12. The monoisotopic (exact) mass is 338 g/mol. The van der Waals surface area contributed by atoms with Gasteiger partial charge >= 0.3 is 0 Å². The molecule has 1 atom stereocenters. The fourth-order valence-corrected chi connectivity index (χ4v) is 3.12. The summed E-state index contributed by atoms with van der Waals surface area (Å²) in [6.45, 7) is 4.52. The summed E-state index contributed by atoms with van der Waals surface area (Å²) in [5.41, 5.74) is 1.19. The van der Waals surface area contributed by atoms with E-state index < -0.39 is 0 Å². The van der Waals surface area contributed by atoms with Crippen molar-refractivity contribution in [3.8, 4) is 11.5 Å². The van der Waals surface area contributed by atoms with E-state index in [0.29, 0.717) is 25.6 Å². The zero-order valence-electron chi connectivity index (χ0n) is 14.3. The van der Waals surface area contributed by atoms with E-state index in [9.17, 15) is 5.11 Å². The largest absolute Gasteiger partial charge is 0.507 e. The van der Waals surface area contributed by atoms with Gasteiger partial charge in [-0.15, -0.1) is 0 Å². The molecule has 0 saturated carbocycles. The molecule has 1 aliphatic rings. The van der Waals surface area contributed by atoms with Crippen molar-refractivity contribution in [2.24, 2.45) is 0 Å². The third kappa shape index (κ3) is 3.28. The highest BCUT2D eigenvalue weighted by molar-refractivity contribution is 6.10. The van der Waals surface area contributed by atoms with Gasteiger partial charge in [-0.05, 0) is 18.1 Å². The molecule has 1 aliphatic heterocycles. The maximum absolute atomic E-state index is 10.7. The average Bonchev–Trinajstić information content (AvgIpc) is 3.48. The van der Waals surface area contributed by atoms with E-state index in [4.69, 9.17) is 14.2 Å². The van der Waals surface area contributed by atoms with E-state index in [1.165, 1.54) is 5.56 Å². The van der Waals surface area contributed by atoms with Crippen LogP contribution in [0.1, 0.15) is 12.5 Å². The standard InChI is InChI=1S/C21H22O4/c1-2-14-7-8-18-19(11-14)20(22)16-5-3-4-6-17(16)21(18)24-10-9-23-12-15-13-25-15/h3-8,11,15,22H,2,9-10,12-13H2,1H3. The van der Waals surface area contributed by atoms with Crippen molar-refractivity contribution in [1.29, 1.82) is 0 Å². The molecule has 130 valence electrons. The number of benzene rings is 3. The lowest BCUT2D eigenvalue weighted by molar-refractivity contribution is 0.0887. The average molecular weight is 338 g/mol. The van der Waals surface area contributed by atoms with Gasteiger partial charge in [-0.1, -0.05) is 43.3 Å². The summed E-state index contributed by atoms with van der Waals surface area (Å²) in [7, 11) is 0. The van der Waals surface area contributed by atoms with Crippen LogP contribution >= 0.6 is 0 Å². The minimum Gasteiger partial charge on any atom is -0.507 e. The van der Waals surface area contributed by atoms with Crippen LogP contribution in [0, 0.1) is 0 Å². The Labute approximate surface area is 146 Å². The Kier molecular flexibility index (Phi) is 4.47. The normalized spacial score (nSPS) is 16.4. The first-order chi connectivity index (χ1) is 12.3. The second kappa shape index (κ2) is 6.90. The Balaban J connectivity index is 1.69. The summed E-state index contributed by atoms with van der Waals surface area (Å²) in [4.78, 5) is 0. The summed E-state index contributed by atoms with van der Waals surface area (Å²) in [6, 6.07) is 14.0. The van der Waals surface area contributed by atoms with Gasteiger partial charge < -0.3 is 19.3 Å². The van der Waals surface area contributed by atoms with Gasteiger partial charge in [0.2, 0.25) is 0 Å². The first-order valence-corrected chi connectivity index (χ1v) is 8.76. The van der Waals surface area contributed by atoms with E-state index in [0.717, 1.165) is 40.3 Å². The van der Waals surface area contributed by atoms with Crippen LogP contribution in [-0.4, -0.2) is 37.6 Å². The third-order valence-electron chi connectivity index (χ3n) is 4.60. The van der Waals surface area contributed by atoms with Crippen molar-refractivity contribution >= 4 is 21.5 Å². The lowest BCUT2D eigenvalue weighted by atomic mass is 9.98. The van der Waals surface area contributed by atoms with Crippen molar-refractivity contribution in [3.63, 3.8) is 0 Å². The molecule has 4 heteroatoms. The number of fused-ring (bicyclic) bond motifs is 2. The molecule has 0 radical (unpaired) electrons. The van der Waals surface area contributed by atoms with Gasteiger partial charge in [0.05, 0.1) is 19.8 Å². The molecule has 3 aromatic carbocycles. The van der Waals surface area contributed by atoms with Crippen LogP contribution in [0.3, 0.4) is 0 Å². The summed E-state index contributed by atoms with van der Waals surface area (Å²) in [5, 5.41) is 14.2. The van der Waals surface area contributed by atoms with Crippen LogP contribution < -0.4 is 4.74 Å². The Bertz CT molecular complexity index is 899. The SMILES string of the molecule is CCc1ccc2c(OCCOCC3CO3)c3ccccc3c(O)c2c1. The molecule has 25 heavy (non-hydrogen) atoms. The number of hydrogen-bond donors (Lipinski definition) is 1.